The van der Waals surface area contributed by atoms with Gasteiger partial charge in [-0.25, -0.2) is 4.98 Å². The summed E-state index contributed by atoms with van der Waals surface area (Å²) in [5.74, 6) is 0.351. The quantitative estimate of drug-likeness (QED) is 0.568. The summed E-state index contributed by atoms with van der Waals surface area (Å²) >= 11 is 7.77. The molecule has 4 rings (SSSR count). The fourth-order valence-electron chi connectivity index (χ4n) is 2.57. The number of nitrogens with one attached hydrogen (secondary N) is 1. The summed E-state index contributed by atoms with van der Waals surface area (Å²) in [7, 11) is 0. The first kappa shape index (κ1) is 15.7. The van der Waals surface area contributed by atoms with Gasteiger partial charge in [0.05, 0.1) is 10.4 Å². The van der Waals surface area contributed by atoms with E-state index in [0.717, 1.165) is 16.7 Å². The number of hydrogen-bond donors (Lipinski definition) is 1. The number of aromatic amines is 1. The second kappa shape index (κ2) is 6.63. The van der Waals surface area contributed by atoms with Gasteiger partial charge in [0.25, 0.3) is 5.56 Å². The standard InChI is InChI=1S/C19H12ClN3OS/c20-15(9-12-5-4-8-21-10-12)17-22-18(24)16-14(11-25-19(16)23-17)13-6-2-1-3-7-13/h1-11H,(H,22,23,24)/b15-9-. The van der Waals surface area contributed by atoms with Crippen LogP contribution in [0.15, 0.2) is 65.0 Å². The van der Waals surface area contributed by atoms with E-state index in [2.05, 4.69) is 15.0 Å². The van der Waals surface area contributed by atoms with Crippen molar-refractivity contribution in [1.82, 2.24) is 15.0 Å². The van der Waals surface area contributed by atoms with Crippen LogP contribution in [0, 0.1) is 0 Å². The maximum atomic E-state index is 12.6. The molecule has 1 N–H and O–H groups in total. The average Bonchev–Trinajstić information content (AvgIpc) is 3.08. The molecule has 3 aromatic heterocycles. The van der Waals surface area contributed by atoms with Crippen LogP contribution in [-0.2, 0) is 0 Å². The number of pyridine rings is 1. The molecule has 0 saturated heterocycles. The maximum Gasteiger partial charge on any atom is 0.260 e. The van der Waals surface area contributed by atoms with Crippen molar-refractivity contribution in [2.24, 2.45) is 0 Å². The van der Waals surface area contributed by atoms with Gasteiger partial charge < -0.3 is 4.98 Å². The van der Waals surface area contributed by atoms with Gasteiger partial charge in [0, 0.05) is 23.3 Å². The van der Waals surface area contributed by atoms with Crippen LogP contribution in [0.4, 0.5) is 0 Å². The smallest absolute Gasteiger partial charge is 0.260 e. The van der Waals surface area contributed by atoms with E-state index in [4.69, 9.17) is 11.6 Å². The van der Waals surface area contributed by atoms with Crippen molar-refractivity contribution in [2.45, 2.75) is 0 Å². The Labute approximate surface area is 152 Å². The molecule has 0 amide bonds. The number of nitrogens with zero attached hydrogens (tertiary/aromatic N) is 2. The highest BCUT2D eigenvalue weighted by molar-refractivity contribution is 7.17. The SMILES string of the molecule is O=c1[nH]c(/C(Cl)=C/c2cccnc2)nc2scc(-c3ccccc3)c12. The molecule has 25 heavy (non-hydrogen) atoms. The number of hydrogen-bond acceptors (Lipinski definition) is 4. The number of thiophene rings is 1. The highest BCUT2D eigenvalue weighted by atomic mass is 35.5. The van der Waals surface area contributed by atoms with Crippen LogP contribution < -0.4 is 5.56 Å². The topological polar surface area (TPSA) is 58.6 Å². The minimum atomic E-state index is -0.196. The van der Waals surface area contributed by atoms with E-state index >= 15 is 0 Å². The van der Waals surface area contributed by atoms with Crippen molar-refractivity contribution in [1.29, 1.82) is 0 Å². The minimum absolute atomic E-state index is 0.196. The zero-order chi connectivity index (χ0) is 17.2. The summed E-state index contributed by atoms with van der Waals surface area (Å²) in [5.41, 5.74) is 2.52. The van der Waals surface area contributed by atoms with E-state index < -0.39 is 0 Å². The Kier molecular flexibility index (Phi) is 4.17. The molecule has 0 aliphatic rings. The summed E-state index contributed by atoms with van der Waals surface area (Å²) in [6.45, 7) is 0. The molecule has 1 aromatic carbocycles. The van der Waals surface area contributed by atoms with Crippen molar-refractivity contribution in [3.63, 3.8) is 0 Å². The largest absolute Gasteiger partial charge is 0.305 e. The Hall–Kier alpha value is -2.76. The zero-order valence-electron chi connectivity index (χ0n) is 12.9. The summed E-state index contributed by atoms with van der Waals surface area (Å²) in [4.78, 5) is 24.6. The van der Waals surface area contributed by atoms with Gasteiger partial charge >= 0.3 is 0 Å². The Balaban J connectivity index is 1.82. The Morgan fingerprint density at radius 1 is 1.16 bits per heavy atom. The number of rotatable bonds is 3. The van der Waals surface area contributed by atoms with Gasteiger partial charge in [0.1, 0.15) is 4.83 Å². The highest BCUT2D eigenvalue weighted by Crippen LogP contribution is 2.31. The first-order valence-corrected chi connectivity index (χ1v) is 8.82. The number of H-pyrrole nitrogens is 1. The van der Waals surface area contributed by atoms with E-state index in [-0.39, 0.29) is 5.56 Å². The molecule has 4 aromatic rings. The molecule has 0 bridgehead atoms. The average molecular weight is 366 g/mol. The second-order valence-electron chi connectivity index (χ2n) is 5.39. The van der Waals surface area contributed by atoms with Gasteiger partial charge in [0.2, 0.25) is 0 Å². The van der Waals surface area contributed by atoms with Crippen LogP contribution in [0.3, 0.4) is 0 Å². The first-order chi connectivity index (χ1) is 12.2. The van der Waals surface area contributed by atoms with Crippen LogP contribution in [-0.4, -0.2) is 15.0 Å². The van der Waals surface area contributed by atoms with E-state index in [9.17, 15) is 4.79 Å². The second-order valence-corrected chi connectivity index (χ2v) is 6.65. The molecule has 0 spiro atoms. The number of benzene rings is 1. The lowest BCUT2D eigenvalue weighted by Gasteiger charge is -2.02. The molecule has 0 aliphatic heterocycles. The van der Waals surface area contributed by atoms with Crippen molar-refractivity contribution in [2.75, 3.05) is 0 Å². The van der Waals surface area contributed by atoms with Crippen LogP contribution in [0.1, 0.15) is 11.4 Å². The van der Waals surface area contributed by atoms with Crippen LogP contribution >= 0.6 is 22.9 Å². The van der Waals surface area contributed by atoms with Crippen molar-refractivity contribution in [3.05, 3.63) is 82.0 Å². The molecule has 0 fully saturated rings. The molecular weight excluding hydrogens is 354 g/mol. The molecule has 0 radical (unpaired) electrons. The molecule has 0 unspecified atom stereocenters. The summed E-state index contributed by atoms with van der Waals surface area (Å²) in [6.07, 6.45) is 5.11. The predicted octanol–water partition coefficient (Wildman–Crippen LogP) is 4.78. The van der Waals surface area contributed by atoms with Gasteiger partial charge in [-0.15, -0.1) is 11.3 Å². The molecule has 0 aliphatic carbocycles. The lowest BCUT2D eigenvalue weighted by atomic mass is 10.1. The molecule has 0 saturated carbocycles. The highest BCUT2D eigenvalue weighted by Gasteiger charge is 2.14. The summed E-state index contributed by atoms with van der Waals surface area (Å²) < 4.78 is 0. The lowest BCUT2D eigenvalue weighted by molar-refractivity contribution is 1.14. The van der Waals surface area contributed by atoms with Crippen molar-refractivity contribution in [3.8, 4) is 11.1 Å². The summed E-state index contributed by atoms with van der Waals surface area (Å²) in [5, 5.41) is 2.90. The molecule has 6 heteroatoms. The third-order valence-electron chi connectivity index (χ3n) is 3.73. The Morgan fingerprint density at radius 2 is 2.00 bits per heavy atom. The molecule has 122 valence electrons. The van der Waals surface area contributed by atoms with Gasteiger partial charge in [-0.3, -0.25) is 9.78 Å². The fraction of sp³-hybridized carbons (Fsp3) is 0. The lowest BCUT2D eigenvalue weighted by Crippen LogP contribution is -2.10. The number of aromatic nitrogens is 3. The maximum absolute atomic E-state index is 12.6. The molecular formula is C19H12ClN3OS. The van der Waals surface area contributed by atoms with E-state index in [1.54, 1.807) is 18.5 Å². The fourth-order valence-corrected chi connectivity index (χ4v) is 3.73. The third-order valence-corrected chi connectivity index (χ3v) is 4.89. The first-order valence-electron chi connectivity index (χ1n) is 7.57. The predicted molar refractivity (Wildman–Crippen MR) is 104 cm³/mol. The number of fused-ring (bicyclic) bond motifs is 1. The third kappa shape index (κ3) is 3.12. The van der Waals surface area contributed by atoms with E-state index in [0.29, 0.717) is 21.1 Å². The van der Waals surface area contributed by atoms with E-state index in [1.807, 2.05) is 47.8 Å². The van der Waals surface area contributed by atoms with Gasteiger partial charge in [-0.2, -0.15) is 0 Å². The summed E-state index contributed by atoms with van der Waals surface area (Å²) in [6, 6.07) is 13.5. The zero-order valence-corrected chi connectivity index (χ0v) is 14.5. The molecule has 4 nitrogen and oxygen atoms in total. The van der Waals surface area contributed by atoms with Crippen molar-refractivity contribution < 1.29 is 0 Å². The molecule has 3 heterocycles. The van der Waals surface area contributed by atoms with Gasteiger partial charge in [-0.1, -0.05) is 48.0 Å². The number of halogens is 1. The minimum Gasteiger partial charge on any atom is -0.305 e. The van der Waals surface area contributed by atoms with Gasteiger partial charge in [0.15, 0.2) is 5.82 Å². The van der Waals surface area contributed by atoms with Gasteiger partial charge in [-0.05, 0) is 23.3 Å². The Morgan fingerprint density at radius 3 is 2.76 bits per heavy atom. The Bertz CT molecular complexity index is 1120. The van der Waals surface area contributed by atoms with Crippen LogP contribution in [0.25, 0.3) is 32.5 Å². The van der Waals surface area contributed by atoms with Crippen molar-refractivity contribution >= 4 is 44.3 Å². The molecule has 0 atom stereocenters. The van der Waals surface area contributed by atoms with Crippen LogP contribution in [0.5, 0.6) is 0 Å². The monoisotopic (exact) mass is 365 g/mol. The normalized spacial score (nSPS) is 11.8. The van der Waals surface area contributed by atoms with E-state index in [1.165, 1.54) is 11.3 Å². The van der Waals surface area contributed by atoms with Crippen LogP contribution in [0.2, 0.25) is 0 Å².